The summed E-state index contributed by atoms with van der Waals surface area (Å²) in [6.45, 7) is 4.09. The summed E-state index contributed by atoms with van der Waals surface area (Å²) in [7, 11) is 0. The van der Waals surface area contributed by atoms with Gasteiger partial charge in [0.1, 0.15) is 6.33 Å². The molecule has 0 amide bonds. The average molecular weight is 202 g/mol. The Balaban J connectivity index is 2.29. The maximum absolute atomic E-state index is 4.44. The molecule has 2 aromatic rings. The molecule has 0 aliphatic carbocycles. The van der Waals surface area contributed by atoms with Crippen LogP contribution in [0.25, 0.3) is 5.82 Å². The van der Waals surface area contributed by atoms with E-state index < -0.39 is 0 Å². The van der Waals surface area contributed by atoms with E-state index in [-0.39, 0.29) is 0 Å². The predicted octanol–water partition coefficient (Wildman–Crippen LogP) is 1.92. The second-order valence-electron chi connectivity index (χ2n) is 3.52. The van der Waals surface area contributed by atoms with Gasteiger partial charge in [-0.1, -0.05) is 13.3 Å². The van der Waals surface area contributed by atoms with Crippen molar-refractivity contribution in [3.05, 3.63) is 36.0 Å². The van der Waals surface area contributed by atoms with Crippen molar-refractivity contribution in [2.75, 3.05) is 0 Å². The van der Waals surface area contributed by atoms with Crippen LogP contribution < -0.4 is 0 Å². The van der Waals surface area contributed by atoms with Crippen LogP contribution in [0.1, 0.15) is 24.7 Å². The molecular formula is C11H14N4. The Morgan fingerprint density at radius 3 is 2.93 bits per heavy atom. The number of hydrogen-bond acceptors (Lipinski definition) is 3. The fraction of sp³-hybridized carbons (Fsp3) is 0.364. The zero-order chi connectivity index (χ0) is 10.7. The van der Waals surface area contributed by atoms with Crippen molar-refractivity contribution in [3.8, 4) is 5.82 Å². The average Bonchev–Trinajstić information content (AvgIpc) is 2.67. The fourth-order valence-corrected chi connectivity index (χ4v) is 1.44. The van der Waals surface area contributed by atoms with Gasteiger partial charge in [-0.05, 0) is 19.4 Å². The van der Waals surface area contributed by atoms with Gasteiger partial charge in [0.25, 0.3) is 0 Å². The lowest BCUT2D eigenvalue weighted by molar-refractivity contribution is 0.785. The molecule has 15 heavy (non-hydrogen) atoms. The highest BCUT2D eigenvalue weighted by molar-refractivity contribution is 5.22. The molecule has 2 aromatic heterocycles. The van der Waals surface area contributed by atoms with Gasteiger partial charge < -0.3 is 0 Å². The number of hydrogen-bond donors (Lipinski definition) is 0. The van der Waals surface area contributed by atoms with E-state index >= 15 is 0 Å². The third kappa shape index (κ3) is 2.21. The zero-order valence-electron chi connectivity index (χ0n) is 9.01. The summed E-state index contributed by atoms with van der Waals surface area (Å²) < 4.78 is 1.79. The van der Waals surface area contributed by atoms with Crippen LogP contribution in [-0.4, -0.2) is 19.7 Å². The van der Waals surface area contributed by atoms with Crippen LogP contribution in [-0.2, 0) is 6.42 Å². The Morgan fingerprint density at radius 1 is 1.33 bits per heavy atom. The second kappa shape index (κ2) is 4.21. The van der Waals surface area contributed by atoms with Crippen LogP contribution >= 0.6 is 0 Å². The van der Waals surface area contributed by atoms with Crippen LogP contribution in [0.15, 0.2) is 24.7 Å². The predicted molar refractivity (Wildman–Crippen MR) is 57.9 cm³/mol. The van der Waals surface area contributed by atoms with E-state index in [4.69, 9.17) is 0 Å². The van der Waals surface area contributed by atoms with Crippen molar-refractivity contribution < 1.29 is 0 Å². The van der Waals surface area contributed by atoms with Gasteiger partial charge in [-0.25, -0.2) is 14.6 Å². The van der Waals surface area contributed by atoms with Gasteiger partial charge in [-0.3, -0.25) is 0 Å². The van der Waals surface area contributed by atoms with Gasteiger partial charge >= 0.3 is 0 Å². The summed E-state index contributed by atoms with van der Waals surface area (Å²) in [4.78, 5) is 8.23. The molecule has 0 aromatic carbocycles. The largest absolute Gasteiger partial charge is 0.242 e. The Kier molecular flexibility index (Phi) is 2.76. The summed E-state index contributed by atoms with van der Waals surface area (Å²) in [5.41, 5.74) is 2.06. The SMILES string of the molecule is CCCc1ccn(-c2cc(C)ncn2)n1. The normalized spacial score (nSPS) is 10.5. The minimum absolute atomic E-state index is 0.824. The van der Waals surface area contributed by atoms with E-state index in [0.717, 1.165) is 30.0 Å². The lowest BCUT2D eigenvalue weighted by Crippen LogP contribution is -2.00. The Bertz CT molecular complexity index is 447. The molecule has 78 valence electrons. The van der Waals surface area contributed by atoms with Crippen molar-refractivity contribution in [3.63, 3.8) is 0 Å². The summed E-state index contributed by atoms with van der Waals surface area (Å²) in [6, 6.07) is 3.95. The van der Waals surface area contributed by atoms with Crippen molar-refractivity contribution in [1.29, 1.82) is 0 Å². The highest BCUT2D eigenvalue weighted by Gasteiger charge is 2.01. The minimum Gasteiger partial charge on any atom is -0.242 e. The zero-order valence-corrected chi connectivity index (χ0v) is 9.01. The summed E-state index contributed by atoms with van der Waals surface area (Å²) in [5.74, 6) is 0.824. The van der Waals surface area contributed by atoms with E-state index in [1.54, 1.807) is 11.0 Å². The maximum atomic E-state index is 4.44. The molecule has 0 aliphatic rings. The van der Waals surface area contributed by atoms with Gasteiger partial charge in [0, 0.05) is 18.0 Å². The molecule has 0 bridgehead atoms. The van der Waals surface area contributed by atoms with Crippen molar-refractivity contribution >= 4 is 0 Å². The van der Waals surface area contributed by atoms with E-state index in [1.165, 1.54) is 0 Å². The molecule has 0 aliphatic heterocycles. The second-order valence-corrected chi connectivity index (χ2v) is 3.52. The molecule has 0 N–H and O–H groups in total. The lowest BCUT2D eigenvalue weighted by atomic mass is 10.3. The summed E-state index contributed by atoms with van der Waals surface area (Å²) >= 11 is 0. The first-order valence-electron chi connectivity index (χ1n) is 5.13. The Labute approximate surface area is 89.0 Å². The first kappa shape index (κ1) is 9.83. The fourth-order valence-electron chi connectivity index (χ4n) is 1.44. The first-order chi connectivity index (χ1) is 7.29. The summed E-state index contributed by atoms with van der Waals surface area (Å²) in [5, 5.41) is 4.44. The van der Waals surface area contributed by atoms with Crippen LogP contribution in [0.3, 0.4) is 0 Å². The molecule has 0 saturated carbocycles. The first-order valence-corrected chi connectivity index (χ1v) is 5.13. The molecular weight excluding hydrogens is 188 g/mol. The molecule has 2 heterocycles. The molecule has 0 saturated heterocycles. The molecule has 4 nitrogen and oxygen atoms in total. The highest BCUT2D eigenvalue weighted by Crippen LogP contribution is 2.06. The van der Waals surface area contributed by atoms with Gasteiger partial charge in [0.2, 0.25) is 0 Å². The lowest BCUT2D eigenvalue weighted by Gasteiger charge is -1.99. The molecule has 0 unspecified atom stereocenters. The molecule has 0 spiro atoms. The van der Waals surface area contributed by atoms with Gasteiger partial charge in [-0.2, -0.15) is 5.10 Å². The number of aryl methyl sites for hydroxylation is 2. The smallest absolute Gasteiger partial charge is 0.156 e. The quantitative estimate of drug-likeness (QED) is 0.763. The van der Waals surface area contributed by atoms with Crippen molar-refractivity contribution in [1.82, 2.24) is 19.7 Å². The van der Waals surface area contributed by atoms with E-state index in [1.807, 2.05) is 25.3 Å². The number of nitrogens with zero attached hydrogens (tertiary/aromatic N) is 4. The standard InChI is InChI=1S/C11H14N4/c1-3-4-10-5-6-15(14-10)11-7-9(2)12-8-13-11/h5-8H,3-4H2,1-2H3. The van der Waals surface area contributed by atoms with Gasteiger partial charge in [-0.15, -0.1) is 0 Å². The van der Waals surface area contributed by atoms with E-state index in [0.29, 0.717) is 0 Å². The van der Waals surface area contributed by atoms with Crippen LogP contribution in [0.4, 0.5) is 0 Å². The Morgan fingerprint density at radius 2 is 2.20 bits per heavy atom. The number of aromatic nitrogens is 4. The van der Waals surface area contributed by atoms with E-state index in [2.05, 4.69) is 22.0 Å². The number of rotatable bonds is 3. The van der Waals surface area contributed by atoms with Crippen LogP contribution in [0.5, 0.6) is 0 Å². The third-order valence-corrected chi connectivity index (χ3v) is 2.17. The minimum atomic E-state index is 0.824. The monoisotopic (exact) mass is 202 g/mol. The molecule has 0 fully saturated rings. The van der Waals surface area contributed by atoms with Crippen molar-refractivity contribution in [2.45, 2.75) is 26.7 Å². The summed E-state index contributed by atoms with van der Waals surface area (Å²) in [6.07, 6.45) is 5.62. The molecule has 0 radical (unpaired) electrons. The Hall–Kier alpha value is -1.71. The highest BCUT2D eigenvalue weighted by atomic mass is 15.3. The molecule has 4 heteroatoms. The van der Waals surface area contributed by atoms with Gasteiger partial charge in [0.05, 0.1) is 5.69 Å². The topological polar surface area (TPSA) is 43.6 Å². The van der Waals surface area contributed by atoms with Crippen LogP contribution in [0.2, 0.25) is 0 Å². The third-order valence-electron chi connectivity index (χ3n) is 2.17. The maximum Gasteiger partial charge on any atom is 0.156 e. The van der Waals surface area contributed by atoms with Crippen molar-refractivity contribution in [2.24, 2.45) is 0 Å². The van der Waals surface area contributed by atoms with Crippen LogP contribution in [0, 0.1) is 6.92 Å². The molecule has 0 atom stereocenters. The van der Waals surface area contributed by atoms with E-state index in [9.17, 15) is 0 Å². The van der Waals surface area contributed by atoms with Gasteiger partial charge in [0.15, 0.2) is 5.82 Å². The molecule has 2 rings (SSSR count).